The summed E-state index contributed by atoms with van der Waals surface area (Å²) in [7, 11) is 1.88. The van der Waals surface area contributed by atoms with Crippen molar-refractivity contribution in [1.82, 2.24) is 9.55 Å². The quantitative estimate of drug-likeness (QED) is 0.753. The summed E-state index contributed by atoms with van der Waals surface area (Å²) in [6.07, 6.45) is 6.28. The molecule has 4 heteroatoms. The van der Waals surface area contributed by atoms with Gasteiger partial charge in [-0.05, 0) is 18.2 Å². The van der Waals surface area contributed by atoms with Crippen molar-refractivity contribution in [2.75, 3.05) is 0 Å². The Morgan fingerprint density at radius 2 is 2.40 bits per heavy atom. The number of fused-ring (bicyclic) bond motifs is 1. The molecule has 0 saturated heterocycles. The monoisotopic (exact) mass is 202 g/mol. The molecule has 0 atom stereocenters. The molecular formula is C11H10N2O2. The van der Waals surface area contributed by atoms with E-state index in [-0.39, 0.29) is 0 Å². The predicted molar refractivity (Wildman–Crippen MR) is 57.4 cm³/mol. The van der Waals surface area contributed by atoms with Crippen molar-refractivity contribution in [2.24, 2.45) is 7.05 Å². The van der Waals surface area contributed by atoms with E-state index in [0.717, 1.165) is 22.7 Å². The van der Waals surface area contributed by atoms with Crippen LogP contribution in [0.3, 0.4) is 0 Å². The van der Waals surface area contributed by atoms with Crippen LogP contribution in [0.25, 0.3) is 17.1 Å². The Labute approximate surface area is 86.5 Å². The van der Waals surface area contributed by atoms with E-state index in [9.17, 15) is 4.79 Å². The normalized spacial score (nSPS) is 11.3. The molecule has 0 saturated carbocycles. The number of nitrogens with zero attached hydrogens (tertiary/aromatic N) is 2. The van der Waals surface area contributed by atoms with Gasteiger partial charge in [-0.1, -0.05) is 0 Å². The van der Waals surface area contributed by atoms with Crippen molar-refractivity contribution in [3.63, 3.8) is 0 Å². The number of hydrogen-bond acceptors (Lipinski definition) is 2. The molecule has 0 bridgehead atoms. The molecule has 76 valence electrons. The number of carbonyl (C=O) groups is 1. The zero-order valence-corrected chi connectivity index (χ0v) is 8.21. The zero-order chi connectivity index (χ0) is 10.8. The van der Waals surface area contributed by atoms with Crippen LogP contribution in [0.4, 0.5) is 0 Å². The Morgan fingerprint density at radius 1 is 1.60 bits per heavy atom. The van der Waals surface area contributed by atoms with Gasteiger partial charge in [-0.15, -0.1) is 0 Å². The minimum atomic E-state index is -0.948. The van der Waals surface area contributed by atoms with Crippen LogP contribution in [0.5, 0.6) is 0 Å². The van der Waals surface area contributed by atoms with Gasteiger partial charge in [0.1, 0.15) is 5.65 Å². The Morgan fingerprint density at radius 3 is 3.13 bits per heavy atom. The Balaban J connectivity index is 2.57. The van der Waals surface area contributed by atoms with E-state index in [2.05, 4.69) is 4.98 Å². The van der Waals surface area contributed by atoms with Gasteiger partial charge in [-0.2, -0.15) is 0 Å². The SMILES string of the molecule is Cn1cc(/C=C/C(=O)O)c2cccnc21. The van der Waals surface area contributed by atoms with Crippen LogP contribution in [0.2, 0.25) is 0 Å². The molecule has 0 aromatic carbocycles. The van der Waals surface area contributed by atoms with Gasteiger partial charge in [0.05, 0.1) is 0 Å². The average molecular weight is 202 g/mol. The number of aromatic nitrogens is 2. The molecule has 2 aromatic heterocycles. The third kappa shape index (κ3) is 1.74. The number of aryl methyl sites for hydroxylation is 1. The van der Waals surface area contributed by atoms with Crippen LogP contribution in [0.1, 0.15) is 5.56 Å². The Kier molecular flexibility index (Phi) is 2.25. The molecule has 0 spiro atoms. The first-order chi connectivity index (χ1) is 7.18. The molecule has 2 aromatic rings. The minimum absolute atomic E-state index is 0.850. The molecule has 4 nitrogen and oxygen atoms in total. The maximum Gasteiger partial charge on any atom is 0.328 e. The lowest BCUT2D eigenvalue weighted by molar-refractivity contribution is -0.131. The molecule has 0 aliphatic rings. The van der Waals surface area contributed by atoms with Crippen LogP contribution in [0, 0.1) is 0 Å². The third-order valence-corrected chi connectivity index (χ3v) is 2.17. The zero-order valence-electron chi connectivity index (χ0n) is 8.21. The first-order valence-electron chi connectivity index (χ1n) is 4.49. The van der Waals surface area contributed by atoms with E-state index < -0.39 is 5.97 Å². The molecule has 15 heavy (non-hydrogen) atoms. The van der Waals surface area contributed by atoms with E-state index in [1.54, 1.807) is 12.3 Å². The Hall–Kier alpha value is -2.10. The van der Waals surface area contributed by atoms with Crippen molar-refractivity contribution in [1.29, 1.82) is 0 Å². The first kappa shape index (κ1) is 9.45. The summed E-state index contributed by atoms with van der Waals surface area (Å²) in [5, 5.41) is 9.50. The van der Waals surface area contributed by atoms with E-state index >= 15 is 0 Å². The van der Waals surface area contributed by atoms with Gasteiger partial charge in [-0.3, -0.25) is 0 Å². The maximum atomic E-state index is 10.4. The van der Waals surface area contributed by atoms with E-state index in [4.69, 9.17) is 5.11 Å². The lowest BCUT2D eigenvalue weighted by Gasteiger charge is -1.91. The summed E-state index contributed by atoms with van der Waals surface area (Å²) < 4.78 is 1.87. The second-order valence-electron chi connectivity index (χ2n) is 3.24. The Bertz CT molecular complexity index is 541. The van der Waals surface area contributed by atoms with Crippen molar-refractivity contribution < 1.29 is 9.90 Å². The highest BCUT2D eigenvalue weighted by Crippen LogP contribution is 2.19. The summed E-state index contributed by atoms with van der Waals surface area (Å²) in [4.78, 5) is 14.6. The van der Waals surface area contributed by atoms with Gasteiger partial charge in [0.15, 0.2) is 0 Å². The lowest BCUT2D eigenvalue weighted by Crippen LogP contribution is -1.85. The average Bonchev–Trinajstić information content (AvgIpc) is 2.54. The van der Waals surface area contributed by atoms with Crippen LogP contribution in [0.15, 0.2) is 30.6 Å². The van der Waals surface area contributed by atoms with Gasteiger partial charge >= 0.3 is 5.97 Å². The first-order valence-corrected chi connectivity index (χ1v) is 4.49. The van der Waals surface area contributed by atoms with Gasteiger partial charge in [0, 0.05) is 36.5 Å². The molecule has 0 amide bonds. The molecule has 2 heterocycles. The van der Waals surface area contributed by atoms with E-state index in [1.807, 2.05) is 29.9 Å². The van der Waals surface area contributed by atoms with Gasteiger partial charge in [0.25, 0.3) is 0 Å². The summed E-state index contributed by atoms with van der Waals surface area (Å²) in [5.41, 5.74) is 1.71. The number of carboxylic acid groups (broad SMARTS) is 1. The van der Waals surface area contributed by atoms with Crippen LogP contribution in [-0.2, 0) is 11.8 Å². The smallest absolute Gasteiger partial charge is 0.328 e. The molecule has 0 radical (unpaired) electrons. The summed E-state index contributed by atoms with van der Waals surface area (Å²) in [5.74, 6) is -0.948. The highest BCUT2D eigenvalue weighted by Gasteiger charge is 2.03. The van der Waals surface area contributed by atoms with Crippen molar-refractivity contribution in [3.05, 3.63) is 36.2 Å². The number of hydrogen-bond donors (Lipinski definition) is 1. The van der Waals surface area contributed by atoms with Crippen LogP contribution < -0.4 is 0 Å². The number of aliphatic carboxylic acids is 1. The molecular weight excluding hydrogens is 192 g/mol. The van der Waals surface area contributed by atoms with Gasteiger partial charge in [0.2, 0.25) is 0 Å². The van der Waals surface area contributed by atoms with Gasteiger partial charge < -0.3 is 9.67 Å². The molecule has 2 rings (SSSR count). The number of carboxylic acids is 1. The van der Waals surface area contributed by atoms with E-state index in [1.165, 1.54) is 0 Å². The fraction of sp³-hybridized carbons (Fsp3) is 0.0909. The summed E-state index contributed by atoms with van der Waals surface area (Å²) in [6, 6.07) is 3.75. The van der Waals surface area contributed by atoms with Crippen LogP contribution >= 0.6 is 0 Å². The highest BCUT2D eigenvalue weighted by molar-refractivity contribution is 5.92. The van der Waals surface area contributed by atoms with Crippen molar-refractivity contribution >= 4 is 23.1 Å². The standard InChI is InChI=1S/C11H10N2O2/c1-13-7-8(4-5-10(14)15)9-3-2-6-12-11(9)13/h2-7H,1H3,(H,14,15)/b5-4+. The second-order valence-corrected chi connectivity index (χ2v) is 3.24. The third-order valence-electron chi connectivity index (χ3n) is 2.17. The van der Waals surface area contributed by atoms with Crippen LogP contribution in [-0.4, -0.2) is 20.6 Å². The number of pyridine rings is 1. The number of rotatable bonds is 2. The minimum Gasteiger partial charge on any atom is -0.478 e. The predicted octanol–water partition coefficient (Wildman–Crippen LogP) is 1.67. The lowest BCUT2D eigenvalue weighted by atomic mass is 10.2. The molecule has 0 fully saturated rings. The molecule has 0 aliphatic carbocycles. The van der Waals surface area contributed by atoms with E-state index in [0.29, 0.717) is 0 Å². The largest absolute Gasteiger partial charge is 0.478 e. The molecule has 1 N–H and O–H groups in total. The van der Waals surface area contributed by atoms with Gasteiger partial charge in [-0.25, -0.2) is 9.78 Å². The summed E-state index contributed by atoms with van der Waals surface area (Å²) in [6.45, 7) is 0. The topological polar surface area (TPSA) is 55.1 Å². The van der Waals surface area contributed by atoms with Crippen molar-refractivity contribution in [3.8, 4) is 0 Å². The fourth-order valence-electron chi connectivity index (χ4n) is 1.54. The maximum absolute atomic E-state index is 10.4. The molecule has 0 unspecified atom stereocenters. The highest BCUT2D eigenvalue weighted by atomic mass is 16.4. The van der Waals surface area contributed by atoms with Crippen molar-refractivity contribution in [2.45, 2.75) is 0 Å². The molecule has 0 aliphatic heterocycles. The fourth-order valence-corrected chi connectivity index (χ4v) is 1.54. The summed E-state index contributed by atoms with van der Waals surface area (Å²) >= 11 is 0. The second kappa shape index (κ2) is 3.57.